The Labute approximate surface area is 230 Å². The Bertz CT molecular complexity index is 1630. The van der Waals surface area contributed by atoms with Crippen LogP contribution in [0, 0.1) is 12.8 Å². The molecule has 11 heteroatoms. The van der Waals surface area contributed by atoms with Crippen molar-refractivity contribution in [1.82, 2.24) is 29.0 Å². The molecule has 206 valence electrons. The Hall–Kier alpha value is -3.57. The summed E-state index contributed by atoms with van der Waals surface area (Å²) in [6, 6.07) is 8.33. The largest absolute Gasteiger partial charge is 0.368 e. The van der Waals surface area contributed by atoms with Crippen molar-refractivity contribution in [2.45, 2.75) is 39.7 Å². The molecular formula is C28H36N8O2S. The van der Waals surface area contributed by atoms with Gasteiger partial charge >= 0.3 is 0 Å². The van der Waals surface area contributed by atoms with Crippen molar-refractivity contribution in [2.24, 2.45) is 13.0 Å². The maximum Gasteiger partial charge on any atom is 0.214 e. The predicted octanol–water partition coefficient (Wildman–Crippen LogP) is 4.32. The lowest BCUT2D eigenvalue weighted by atomic mass is 9.88. The van der Waals surface area contributed by atoms with Crippen molar-refractivity contribution in [1.29, 1.82) is 0 Å². The van der Waals surface area contributed by atoms with E-state index in [2.05, 4.69) is 59.3 Å². The number of anilines is 3. The minimum Gasteiger partial charge on any atom is -0.368 e. The molecule has 3 aromatic heterocycles. The smallest absolute Gasteiger partial charge is 0.214 e. The molecule has 0 spiro atoms. The van der Waals surface area contributed by atoms with Gasteiger partial charge in [0, 0.05) is 69.3 Å². The SMILES string of the molecule is Cc1nn(C)cc1-c1nccc(Nc2cc3c(C(C)C)ccc(N4C[C@H](CS(=O)(=O)N(C)C)[C@H]4C)c3cn2)n1. The maximum absolute atomic E-state index is 12.4. The quantitative estimate of drug-likeness (QED) is 0.347. The molecule has 2 atom stereocenters. The van der Waals surface area contributed by atoms with E-state index < -0.39 is 10.0 Å². The zero-order chi connectivity index (χ0) is 28.1. The van der Waals surface area contributed by atoms with E-state index in [1.807, 2.05) is 32.4 Å². The van der Waals surface area contributed by atoms with Crippen LogP contribution in [0.5, 0.6) is 0 Å². The van der Waals surface area contributed by atoms with Crippen LogP contribution in [0.1, 0.15) is 37.9 Å². The fourth-order valence-electron chi connectivity index (χ4n) is 5.19. The van der Waals surface area contributed by atoms with E-state index in [4.69, 9.17) is 9.97 Å². The van der Waals surface area contributed by atoms with Gasteiger partial charge < -0.3 is 10.2 Å². The van der Waals surface area contributed by atoms with Gasteiger partial charge in [-0.25, -0.2) is 27.7 Å². The zero-order valence-corrected chi connectivity index (χ0v) is 24.4. The molecule has 39 heavy (non-hydrogen) atoms. The molecule has 0 amide bonds. The van der Waals surface area contributed by atoms with Gasteiger partial charge in [0.2, 0.25) is 10.0 Å². The minimum atomic E-state index is -3.24. The summed E-state index contributed by atoms with van der Waals surface area (Å²) >= 11 is 0. The summed E-state index contributed by atoms with van der Waals surface area (Å²) < 4.78 is 27.9. The molecule has 0 unspecified atom stereocenters. The van der Waals surface area contributed by atoms with Gasteiger partial charge in [0.15, 0.2) is 5.82 Å². The average molecular weight is 549 g/mol. The number of hydrogen-bond donors (Lipinski definition) is 1. The molecule has 1 aliphatic rings. The molecule has 4 heterocycles. The van der Waals surface area contributed by atoms with E-state index in [-0.39, 0.29) is 17.7 Å². The second-order valence-corrected chi connectivity index (χ2v) is 13.1. The number of fused-ring (bicyclic) bond motifs is 1. The Kier molecular flexibility index (Phi) is 7.06. The highest BCUT2D eigenvalue weighted by molar-refractivity contribution is 7.89. The number of sulfonamides is 1. The number of nitrogens with one attached hydrogen (secondary N) is 1. The molecule has 5 rings (SSSR count). The number of aryl methyl sites for hydroxylation is 2. The van der Waals surface area contributed by atoms with Crippen molar-refractivity contribution >= 4 is 38.1 Å². The molecular weight excluding hydrogens is 512 g/mol. The summed E-state index contributed by atoms with van der Waals surface area (Å²) in [5, 5.41) is 9.93. The van der Waals surface area contributed by atoms with Gasteiger partial charge in [-0.3, -0.25) is 4.68 Å². The summed E-state index contributed by atoms with van der Waals surface area (Å²) in [6.07, 6.45) is 5.55. The summed E-state index contributed by atoms with van der Waals surface area (Å²) in [6.45, 7) is 9.10. The first-order valence-electron chi connectivity index (χ1n) is 13.1. The van der Waals surface area contributed by atoms with Crippen LogP contribution in [0.2, 0.25) is 0 Å². The van der Waals surface area contributed by atoms with Crippen LogP contribution in [0.15, 0.2) is 42.9 Å². The van der Waals surface area contributed by atoms with Gasteiger partial charge in [-0.1, -0.05) is 19.9 Å². The van der Waals surface area contributed by atoms with Gasteiger partial charge in [-0.2, -0.15) is 5.10 Å². The highest BCUT2D eigenvalue weighted by atomic mass is 32.2. The first-order chi connectivity index (χ1) is 18.4. The number of hydrogen-bond acceptors (Lipinski definition) is 8. The first kappa shape index (κ1) is 27.0. The topological polar surface area (TPSA) is 109 Å². The third-order valence-electron chi connectivity index (χ3n) is 7.60. The first-order valence-corrected chi connectivity index (χ1v) is 14.8. The van der Waals surface area contributed by atoms with Crippen molar-refractivity contribution in [3.8, 4) is 11.4 Å². The number of pyridine rings is 1. The van der Waals surface area contributed by atoms with E-state index in [1.54, 1.807) is 25.0 Å². The normalized spacial score (nSPS) is 17.7. The number of nitrogens with zero attached hydrogens (tertiary/aromatic N) is 7. The second kappa shape index (κ2) is 10.2. The second-order valence-electron chi connectivity index (χ2n) is 10.9. The van der Waals surface area contributed by atoms with Crippen LogP contribution in [0.25, 0.3) is 22.2 Å². The van der Waals surface area contributed by atoms with E-state index in [9.17, 15) is 8.42 Å². The molecule has 1 aromatic carbocycles. The van der Waals surface area contributed by atoms with Gasteiger partial charge in [-0.05, 0) is 48.9 Å². The number of benzene rings is 1. The molecule has 4 aromatic rings. The van der Waals surface area contributed by atoms with E-state index in [0.29, 0.717) is 29.9 Å². The Morgan fingerprint density at radius 2 is 1.90 bits per heavy atom. The lowest BCUT2D eigenvalue weighted by molar-refractivity contribution is 0.337. The van der Waals surface area contributed by atoms with Crippen molar-refractivity contribution < 1.29 is 8.42 Å². The highest BCUT2D eigenvalue weighted by Crippen LogP contribution is 2.39. The molecule has 0 radical (unpaired) electrons. The summed E-state index contributed by atoms with van der Waals surface area (Å²) in [5.74, 6) is 2.52. The molecule has 1 aliphatic heterocycles. The molecule has 1 N–H and O–H groups in total. The van der Waals surface area contributed by atoms with Crippen LogP contribution < -0.4 is 10.2 Å². The van der Waals surface area contributed by atoms with Crippen LogP contribution in [0.4, 0.5) is 17.3 Å². The van der Waals surface area contributed by atoms with Crippen LogP contribution in [0.3, 0.4) is 0 Å². The van der Waals surface area contributed by atoms with Crippen LogP contribution >= 0.6 is 0 Å². The number of aromatic nitrogens is 5. The third-order valence-corrected chi connectivity index (χ3v) is 9.56. The van der Waals surface area contributed by atoms with E-state index >= 15 is 0 Å². The van der Waals surface area contributed by atoms with Crippen LogP contribution in [-0.2, 0) is 17.1 Å². The van der Waals surface area contributed by atoms with Crippen molar-refractivity contribution in [3.05, 3.63) is 54.1 Å². The molecule has 0 saturated carbocycles. The van der Waals surface area contributed by atoms with Gasteiger partial charge in [0.1, 0.15) is 11.6 Å². The standard InChI is InChI=1S/C28H36N8O2S/c1-17(2)21-8-9-25(36-14-20(19(36)4)16-39(37,38)34(5)6)23-13-30-27(12-22(21)23)31-26-10-11-29-28(32-26)24-15-35(7)33-18(24)3/h8-13,15,17,19-20H,14,16H2,1-7H3,(H,29,30,31,32)/t19-,20-/m1/s1. The third kappa shape index (κ3) is 5.20. The maximum atomic E-state index is 12.4. The average Bonchev–Trinajstić information content (AvgIpc) is 3.23. The van der Waals surface area contributed by atoms with Gasteiger partial charge in [0.25, 0.3) is 0 Å². The summed E-state index contributed by atoms with van der Waals surface area (Å²) in [4.78, 5) is 16.2. The summed E-state index contributed by atoms with van der Waals surface area (Å²) in [5.41, 5.74) is 4.07. The summed E-state index contributed by atoms with van der Waals surface area (Å²) in [7, 11) is 1.82. The van der Waals surface area contributed by atoms with E-state index in [0.717, 1.165) is 27.7 Å². The molecule has 0 bridgehead atoms. The monoisotopic (exact) mass is 548 g/mol. The fourth-order valence-corrected chi connectivity index (χ4v) is 6.42. The zero-order valence-electron chi connectivity index (χ0n) is 23.5. The lowest BCUT2D eigenvalue weighted by Gasteiger charge is -2.48. The number of rotatable bonds is 8. The van der Waals surface area contributed by atoms with Gasteiger partial charge in [0.05, 0.1) is 17.0 Å². The predicted molar refractivity (Wildman–Crippen MR) is 156 cm³/mol. The fraction of sp³-hybridized carbons (Fsp3) is 0.429. The molecule has 10 nitrogen and oxygen atoms in total. The minimum absolute atomic E-state index is 0.0848. The molecule has 1 fully saturated rings. The molecule has 0 aliphatic carbocycles. The van der Waals surface area contributed by atoms with Gasteiger partial charge in [-0.15, -0.1) is 0 Å². The Morgan fingerprint density at radius 1 is 1.13 bits per heavy atom. The molecule has 1 saturated heterocycles. The lowest BCUT2D eigenvalue weighted by Crippen LogP contribution is -2.57. The Morgan fingerprint density at radius 3 is 2.54 bits per heavy atom. The van der Waals surface area contributed by atoms with Crippen molar-refractivity contribution in [3.63, 3.8) is 0 Å². The van der Waals surface area contributed by atoms with E-state index in [1.165, 1.54) is 9.87 Å². The van der Waals surface area contributed by atoms with Crippen LogP contribution in [-0.4, -0.2) is 69.9 Å². The van der Waals surface area contributed by atoms with Crippen molar-refractivity contribution in [2.75, 3.05) is 36.6 Å². The highest BCUT2D eigenvalue weighted by Gasteiger charge is 2.39. The Balaban J connectivity index is 1.44.